The van der Waals surface area contributed by atoms with Crippen molar-refractivity contribution in [1.29, 1.82) is 0 Å². The third-order valence-corrected chi connectivity index (χ3v) is 16.2. The summed E-state index contributed by atoms with van der Waals surface area (Å²) in [6.45, 7) is 7.94. The topological polar surface area (TPSA) is 52.9 Å². The lowest BCUT2D eigenvalue weighted by atomic mass is 10.00. The average Bonchev–Trinajstić information content (AvgIpc) is 1.68. The molecule has 3 heterocycles. The van der Waals surface area contributed by atoms with E-state index in [0.717, 1.165) is 111 Å². The van der Waals surface area contributed by atoms with Crippen LogP contribution >= 0.6 is 0 Å². The molecule has 0 aliphatic carbocycles. The Balaban J connectivity index is 1.02. The van der Waals surface area contributed by atoms with Crippen LogP contribution in [0.2, 0.25) is 0 Å². The maximum Gasteiger partial charge on any atom is 0.416 e. The van der Waals surface area contributed by atoms with E-state index in [9.17, 15) is 0 Å². The van der Waals surface area contributed by atoms with Gasteiger partial charge in [0.1, 0.15) is 0 Å². The van der Waals surface area contributed by atoms with E-state index in [-0.39, 0.29) is 23.0 Å². The molecule has 0 bridgehead atoms. The first-order valence-electron chi connectivity index (χ1n) is 28.3. The van der Waals surface area contributed by atoms with Crippen molar-refractivity contribution < 1.29 is 13.2 Å². The van der Waals surface area contributed by atoms with E-state index in [0.29, 0.717) is 22.5 Å². The summed E-state index contributed by atoms with van der Waals surface area (Å²) in [5.74, 6) is 0.541. The highest BCUT2D eigenvalue weighted by molar-refractivity contribution is 6.13. The van der Waals surface area contributed by atoms with E-state index in [1.807, 2.05) is 150 Å². The van der Waals surface area contributed by atoms with Crippen LogP contribution in [0.3, 0.4) is 0 Å². The second-order valence-corrected chi connectivity index (χ2v) is 21.4. The Labute approximate surface area is 493 Å². The fourth-order valence-corrected chi connectivity index (χ4v) is 12.1. The predicted octanol–water partition coefficient (Wildman–Crippen LogP) is 21.0. The van der Waals surface area contributed by atoms with Gasteiger partial charge in [-0.2, -0.15) is 13.2 Å². The fraction of sp³-hybridized carbons (Fsp3) is 0.0130. The van der Waals surface area contributed by atoms with Crippen molar-refractivity contribution >= 4 is 49.3 Å². The fourth-order valence-electron chi connectivity index (χ4n) is 12.1. The van der Waals surface area contributed by atoms with E-state index < -0.39 is 11.7 Å². The molecular formula is C77H47F3N6. The Bertz CT molecular complexity index is 4950. The summed E-state index contributed by atoms with van der Waals surface area (Å²) < 4.78 is 50.6. The van der Waals surface area contributed by atoms with Crippen molar-refractivity contribution in [3.63, 3.8) is 0 Å². The molecule has 406 valence electrons. The summed E-state index contributed by atoms with van der Waals surface area (Å²) in [5.41, 5.74) is 15.5. The van der Waals surface area contributed by atoms with Crippen LogP contribution in [-0.4, -0.2) is 24.1 Å². The summed E-state index contributed by atoms with van der Waals surface area (Å²) in [7, 11) is 0. The molecule has 0 N–H and O–H groups in total. The van der Waals surface area contributed by atoms with E-state index >= 15 is 13.2 Å². The maximum atomic E-state index is 15.5. The number of benzene rings is 12. The van der Waals surface area contributed by atoms with Crippen molar-refractivity contribution in [3.05, 3.63) is 302 Å². The van der Waals surface area contributed by atoms with E-state index in [2.05, 4.69) is 125 Å². The molecule has 9 heteroatoms. The SMILES string of the molecule is [C-]#[N+]c1cccc(-c2ccc(-n3c4ccc(-c5ccccc5)cc4c4cc(-c5ccccc5)ccc43)c(-c3nc(-c4ccccc4)nc(-c4cc(C(F)(F)F)ccc4-n4c5ccc(-c6ccccc6)cc5c5cc(-c6ccccc6)ccc54)n3)c2)c1. The second-order valence-electron chi connectivity index (χ2n) is 21.4. The Morgan fingerprint density at radius 1 is 0.291 bits per heavy atom. The van der Waals surface area contributed by atoms with Crippen molar-refractivity contribution in [1.82, 2.24) is 24.1 Å². The highest BCUT2D eigenvalue weighted by atomic mass is 19.4. The molecule has 15 aromatic rings. The van der Waals surface area contributed by atoms with E-state index in [1.54, 1.807) is 12.1 Å². The number of rotatable bonds is 10. The summed E-state index contributed by atoms with van der Waals surface area (Å²) in [5, 5.41) is 3.89. The summed E-state index contributed by atoms with van der Waals surface area (Å²) in [6, 6.07) is 93.4. The van der Waals surface area contributed by atoms with Gasteiger partial charge >= 0.3 is 6.18 Å². The third-order valence-electron chi connectivity index (χ3n) is 16.2. The highest BCUT2D eigenvalue weighted by Crippen LogP contribution is 2.45. The van der Waals surface area contributed by atoms with Crippen molar-refractivity contribution in [3.8, 4) is 101 Å². The first-order valence-corrected chi connectivity index (χ1v) is 28.3. The van der Waals surface area contributed by atoms with Crippen LogP contribution in [0.5, 0.6) is 0 Å². The molecule has 0 radical (unpaired) electrons. The van der Waals surface area contributed by atoms with Gasteiger partial charge in [0.15, 0.2) is 23.2 Å². The van der Waals surface area contributed by atoms with Crippen LogP contribution in [0.25, 0.3) is 150 Å². The minimum atomic E-state index is -4.72. The molecule has 0 saturated heterocycles. The molecule has 3 aromatic heterocycles. The van der Waals surface area contributed by atoms with E-state index in [4.69, 9.17) is 21.5 Å². The molecule has 12 aromatic carbocycles. The minimum Gasteiger partial charge on any atom is -0.309 e. The summed E-state index contributed by atoms with van der Waals surface area (Å²) >= 11 is 0. The number of aromatic nitrogens is 5. The number of hydrogen-bond acceptors (Lipinski definition) is 3. The lowest BCUT2D eigenvalue weighted by Gasteiger charge is -2.18. The smallest absolute Gasteiger partial charge is 0.309 e. The van der Waals surface area contributed by atoms with E-state index in [1.165, 1.54) is 6.07 Å². The number of alkyl halides is 3. The van der Waals surface area contributed by atoms with Gasteiger partial charge in [0.2, 0.25) is 0 Å². The molecule has 0 aliphatic rings. The minimum absolute atomic E-state index is 0.0420. The van der Waals surface area contributed by atoms with Crippen molar-refractivity contribution in [2.45, 2.75) is 6.18 Å². The van der Waals surface area contributed by atoms with Gasteiger partial charge in [0.25, 0.3) is 0 Å². The quantitative estimate of drug-likeness (QED) is 0.128. The number of nitrogens with zero attached hydrogens (tertiary/aromatic N) is 6. The largest absolute Gasteiger partial charge is 0.416 e. The van der Waals surface area contributed by atoms with Gasteiger partial charge < -0.3 is 9.13 Å². The lowest BCUT2D eigenvalue weighted by Crippen LogP contribution is -2.09. The molecule has 0 aliphatic heterocycles. The van der Waals surface area contributed by atoms with Gasteiger partial charge in [-0.25, -0.2) is 19.8 Å². The number of fused-ring (bicyclic) bond motifs is 6. The zero-order valence-corrected chi connectivity index (χ0v) is 46.0. The Morgan fingerprint density at radius 3 is 1.01 bits per heavy atom. The third kappa shape index (κ3) is 9.23. The Morgan fingerprint density at radius 2 is 0.616 bits per heavy atom. The Hall–Kier alpha value is -11.5. The number of hydrogen-bond donors (Lipinski definition) is 0. The van der Waals surface area contributed by atoms with Gasteiger partial charge in [-0.3, -0.25) is 0 Å². The maximum absolute atomic E-state index is 15.5. The molecule has 0 saturated carbocycles. The van der Waals surface area contributed by atoms with Gasteiger partial charge in [0, 0.05) is 38.2 Å². The standard InChI is InChI=1S/C77H47F3N6/c1-81-61-29-17-28-54(42-61)59-34-40-72(85-68-36-30-55(49-18-7-2-8-19-49)43-62(68)63-44-56(31-37-69(63)85)50-20-9-3-10-21-50)66(47-59)75-82-74(53-26-15-6-16-27-53)83-76(84-75)67-48-60(77(78,79)80)35-41-73(67)86-70-38-32-57(51-22-11-4-12-23-51)45-64(70)65-46-58(33-39-71(65)86)52-24-13-5-14-25-52/h2-48H. The van der Waals surface area contributed by atoms with Crippen molar-refractivity contribution in [2.24, 2.45) is 0 Å². The molecule has 0 spiro atoms. The van der Waals surface area contributed by atoms with Crippen LogP contribution in [0.1, 0.15) is 5.56 Å². The number of halogens is 3. The first kappa shape index (κ1) is 51.4. The summed E-state index contributed by atoms with van der Waals surface area (Å²) in [6.07, 6.45) is -4.72. The monoisotopic (exact) mass is 1110 g/mol. The normalized spacial score (nSPS) is 11.7. The molecule has 0 amide bonds. The highest BCUT2D eigenvalue weighted by Gasteiger charge is 2.33. The van der Waals surface area contributed by atoms with Crippen molar-refractivity contribution in [2.75, 3.05) is 0 Å². The molecule has 86 heavy (non-hydrogen) atoms. The molecule has 0 atom stereocenters. The Kier molecular flexibility index (Phi) is 12.6. The lowest BCUT2D eigenvalue weighted by molar-refractivity contribution is -0.137. The first-order chi connectivity index (χ1) is 42.2. The van der Waals surface area contributed by atoms with Gasteiger partial charge in [-0.1, -0.05) is 200 Å². The van der Waals surface area contributed by atoms with Gasteiger partial charge in [-0.15, -0.1) is 0 Å². The van der Waals surface area contributed by atoms with Gasteiger partial charge in [-0.05, 0) is 141 Å². The molecule has 0 fully saturated rings. The van der Waals surface area contributed by atoms with Crippen LogP contribution in [-0.2, 0) is 6.18 Å². The molecule has 6 nitrogen and oxygen atoms in total. The average molecular weight is 1110 g/mol. The molecular weight excluding hydrogens is 1070 g/mol. The molecule has 15 rings (SSSR count). The predicted molar refractivity (Wildman–Crippen MR) is 343 cm³/mol. The van der Waals surface area contributed by atoms with Crippen LogP contribution in [0, 0.1) is 6.57 Å². The zero-order valence-electron chi connectivity index (χ0n) is 46.0. The van der Waals surface area contributed by atoms with Crippen LogP contribution in [0.4, 0.5) is 18.9 Å². The van der Waals surface area contributed by atoms with Gasteiger partial charge in [0.05, 0.1) is 45.6 Å². The summed E-state index contributed by atoms with van der Waals surface area (Å²) in [4.78, 5) is 19.7. The van der Waals surface area contributed by atoms with Crippen LogP contribution < -0.4 is 0 Å². The zero-order chi connectivity index (χ0) is 57.9. The van der Waals surface area contributed by atoms with Crippen LogP contribution in [0.15, 0.2) is 285 Å². The second kappa shape index (κ2) is 21.1. The molecule has 0 unspecified atom stereocenters.